The molecule has 5 heteroatoms. The van der Waals surface area contributed by atoms with Crippen molar-refractivity contribution >= 4 is 10.1 Å². The van der Waals surface area contributed by atoms with Crippen molar-refractivity contribution in [2.75, 3.05) is 6.26 Å². The molecule has 0 spiro atoms. The molecule has 13 heavy (non-hydrogen) atoms. The summed E-state index contributed by atoms with van der Waals surface area (Å²) in [6.45, 7) is 1.58. The molecule has 0 amide bonds. The van der Waals surface area contributed by atoms with Crippen molar-refractivity contribution in [3.8, 4) is 5.75 Å². The molecule has 0 aliphatic carbocycles. The Kier molecular flexibility index (Phi) is 2.56. The average molecular weight is 204 g/mol. The lowest BCUT2D eigenvalue weighted by Gasteiger charge is -2.03. The van der Waals surface area contributed by atoms with E-state index in [1.807, 2.05) is 0 Å². The quantitative estimate of drug-likeness (QED) is 0.685. The minimum atomic E-state index is -3.57. The summed E-state index contributed by atoms with van der Waals surface area (Å²) in [6, 6.07) is 3.89. The fourth-order valence-electron chi connectivity index (χ4n) is 0.800. The molecular formula is C8H9FO3S. The molecule has 0 aliphatic heterocycles. The van der Waals surface area contributed by atoms with Crippen LogP contribution in [0.15, 0.2) is 18.2 Å². The van der Waals surface area contributed by atoms with Crippen LogP contribution in [-0.4, -0.2) is 14.7 Å². The number of halogens is 1. The Morgan fingerprint density at radius 2 is 2.00 bits per heavy atom. The lowest BCUT2D eigenvalue weighted by molar-refractivity contribution is 0.489. The highest BCUT2D eigenvalue weighted by Crippen LogP contribution is 2.16. The number of aryl methyl sites for hydroxylation is 1. The van der Waals surface area contributed by atoms with E-state index in [-0.39, 0.29) is 5.75 Å². The van der Waals surface area contributed by atoms with E-state index in [2.05, 4.69) is 4.18 Å². The third kappa shape index (κ3) is 3.02. The summed E-state index contributed by atoms with van der Waals surface area (Å²) in [5.74, 6) is -0.494. The predicted molar refractivity (Wildman–Crippen MR) is 46.6 cm³/mol. The SMILES string of the molecule is Cc1ccc(OS(C)(=O)=O)cc1F. The molecule has 0 saturated carbocycles. The van der Waals surface area contributed by atoms with Gasteiger partial charge in [0.05, 0.1) is 6.26 Å². The Balaban J connectivity index is 2.99. The summed E-state index contributed by atoms with van der Waals surface area (Å²) in [7, 11) is -3.57. The van der Waals surface area contributed by atoms with Gasteiger partial charge in [0.15, 0.2) is 0 Å². The molecular weight excluding hydrogens is 195 g/mol. The van der Waals surface area contributed by atoms with E-state index in [1.54, 1.807) is 6.92 Å². The van der Waals surface area contributed by atoms with Crippen LogP contribution in [-0.2, 0) is 10.1 Å². The smallest absolute Gasteiger partial charge is 0.306 e. The second kappa shape index (κ2) is 3.33. The lowest BCUT2D eigenvalue weighted by Crippen LogP contribution is -2.05. The number of hydrogen-bond donors (Lipinski definition) is 0. The highest BCUT2D eigenvalue weighted by molar-refractivity contribution is 7.86. The molecule has 0 unspecified atom stereocenters. The molecule has 0 bridgehead atoms. The van der Waals surface area contributed by atoms with Gasteiger partial charge in [-0.2, -0.15) is 8.42 Å². The predicted octanol–water partition coefficient (Wildman–Crippen LogP) is 1.47. The number of benzene rings is 1. The minimum absolute atomic E-state index is 0.00870. The molecule has 0 fully saturated rings. The summed E-state index contributed by atoms with van der Waals surface area (Å²) >= 11 is 0. The number of rotatable bonds is 2. The van der Waals surface area contributed by atoms with Crippen LogP contribution in [0.3, 0.4) is 0 Å². The van der Waals surface area contributed by atoms with Crippen LogP contribution in [0.2, 0.25) is 0 Å². The second-order valence-electron chi connectivity index (χ2n) is 2.70. The summed E-state index contributed by atoms with van der Waals surface area (Å²) in [5, 5.41) is 0. The zero-order valence-corrected chi connectivity index (χ0v) is 8.06. The van der Waals surface area contributed by atoms with E-state index >= 15 is 0 Å². The molecule has 0 radical (unpaired) electrons. The van der Waals surface area contributed by atoms with Crippen molar-refractivity contribution in [1.29, 1.82) is 0 Å². The van der Waals surface area contributed by atoms with Crippen molar-refractivity contribution in [3.05, 3.63) is 29.6 Å². The first-order chi connectivity index (χ1) is 5.88. The van der Waals surface area contributed by atoms with Gasteiger partial charge < -0.3 is 4.18 Å². The van der Waals surface area contributed by atoms with Crippen molar-refractivity contribution in [3.63, 3.8) is 0 Å². The first-order valence-corrected chi connectivity index (χ1v) is 5.36. The molecule has 0 saturated heterocycles. The Labute approximate surface area is 76.3 Å². The van der Waals surface area contributed by atoms with Crippen molar-refractivity contribution in [1.82, 2.24) is 0 Å². The first kappa shape index (κ1) is 9.98. The normalized spacial score (nSPS) is 11.3. The van der Waals surface area contributed by atoms with Gasteiger partial charge in [-0.3, -0.25) is 0 Å². The molecule has 0 N–H and O–H groups in total. The van der Waals surface area contributed by atoms with Crippen molar-refractivity contribution in [2.45, 2.75) is 6.92 Å². The third-order valence-electron chi connectivity index (χ3n) is 1.39. The monoisotopic (exact) mass is 204 g/mol. The van der Waals surface area contributed by atoms with Gasteiger partial charge in [0.2, 0.25) is 0 Å². The summed E-state index contributed by atoms with van der Waals surface area (Å²) in [4.78, 5) is 0. The fourth-order valence-corrected chi connectivity index (χ4v) is 1.25. The second-order valence-corrected chi connectivity index (χ2v) is 4.27. The highest BCUT2D eigenvalue weighted by Gasteiger charge is 2.05. The molecule has 0 aliphatic rings. The third-order valence-corrected chi connectivity index (χ3v) is 1.89. The van der Waals surface area contributed by atoms with Crippen LogP contribution >= 0.6 is 0 Å². The first-order valence-electron chi connectivity index (χ1n) is 3.54. The zero-order valence-electron chi connectivity index (χ0n) is 7.24. The summed E-state index contributed by atoms with van der Waals surface area (Å²) < 4.78 is 38.7. The molecule has 1 aromatic rings. The average Bonchev–Trinajstić information content (AvgIpc) is 1.94. The van der Waals surface area contributed by atoms with Crippen LogP contribution in [0.1, 0.15) is 5.56 Å². The molecule has 1 aromatic carbocycles. The van der Waals surface area contributed by atoms with E-state index < -0.39 is 15.9 Å². The van der Waals surface area contributed by atoms with Gasteiger partial charge in [-0.15, -0.1) is 0 Å². The maximum absolute atomic E-state index is 12.9. The largest absolute Gasteiger partial charge is 0.382 e. The van der Waals surface area contributed by atoms with Crippen LogP contribution in [0, 0.1) is 12.7 Å². The fraction of sp³-hybridized carbons (Fsp3) is 0.250. The summed E-state index contributed by atoms with van der Waals surface area (Å²) in [6.07, 6.45) is 0.908. The van der Waals surface area contributed by atoms with Gasteiger partial charge in [0.1, 0.15) is 11.6 Å². The van der Waals surface area contributed by atoms with Gasteiger partial charge in [-0.1, -0.05) is 6.07 Å². The van der Waals surface area contributed by atoms with Gasteiger partial charge in [-0.05, 0) is 18.6 Å². The van der Waals surface area contributed by atoms with Crippen LogP contribution in [0.5, 0.6) is 5.75 Å². The Morgan fingerprint density at radius 1 is 1.38 bits per heavy atom. The molecule has 0 heterocycles. The topological polar surface area (TPSA) is 43.4 Å². The van der Waals surface area contributed by atoms with E-state index in [9.17, 15) is 12.8 Å². The number of hydrogen-bond acceptors (Lipinski definition) is 3. The van der Waals surface area contributed by atoms with E-state index in [1.165, 1.54) is 12.1 Å². The van der Waals surface area contributed by atoms with Crippen LogP contribution in [0.25, 0.3) is 0 Å². The highest BCUT2D eigenvalue weighted by atomic mass is 32.2. The summed E-state index contributed by atoms with van der Waals surface area (Å²) in [5.41, 5.74) is 0.445. The maximum atomic E-state index is 12.9. The molecule has 1 rings (SSSR count). The Hall–Kier alpha value is -1.10. The van der Waals surface area contributed by atoms with Gasteiger partial charge in [-0.25, -0.2) is 4.39 Å². The molecule has 72 valence electrons. The van der Waals surface area contributed by atoms with E-state index in [0.29, 0.717) is 5.56 Å². The van der Waals surface area contributed by atoms with Crippen LogP contribution < -0.4 is 4.18 Å². The van der Waals surface area contributed by atoms with Crippen molar-refractivity contribution in [2.24, 2.45) is 0 Å². The Morgan fingerprint density at radius 3 is 2.46 bits per heavy atom. The molecule has 0 atom stereocenters. The van der Waals surface area contributed by atoms with Gasteiger partial charge in [0.25, 0.3) is 0 Å². The van der Waals surface area contributed by atoms with Gasteiger partial charge >= 0.3 is 10.1 Å². The van der Waals surface area contributed by atoms with Crippen LogP contribution in [0.4, 0.5) is 4.39 Å². The van der Waals surface area contributed by atoms with E-state index in [4.69, 9.17) is 0 Å². The minimum Gasteiger partial charge on any atom is -0.382 e. The maximum Gasteiger partial charge on any atom is 0.306 e. The molecule has 3 nitrogen and oxygen atoms in total. The van der Waals surface area contributed by atoms with Crippen molar-refractivity contribution < 1.29 is 17.0 Å². The molecule has 0 aromatic heterocycles. The zero-order chi connectivity index (χ0) is 10.1. The Bertz CT molecular complexity index is 411. The van der Waals surface area contributed by atoms with E-state index in [0.717, 1.165) is 12.3 Å². The standard InChI is InChI=1S/C8H9FO3S/c1-6-3-4-7(5-8(6)9)12-13(2,10)11/h3-5H,1-2H3. The van der Waals surface area contributed by atoms with Gasteiger partial charge in [0, 0.05) is 6.07 Å². The lowest BCUT2D eigenvalue weighted by atomic mass is 10.2.